The number of aromatic nitrogens is 7. The van der Waals surface area contributed by atoms with Gasteiger partial charge in [0.1, 0.15) is 11.8 Å². The zero-order valence-corrected chi connectivity index (χ0v) is 11.4. The third-order valence-corrected chi connectivity index (χ3v) is 3.37. The molecule has 0 aliphatic rings. The molecule has 0 aliphatic carbocycles. The molecule has 3 heterocycles. The first-order valence-electron chi connectivity index (χ1n) is 6.01. The number of nitrogens with zero attached hydrogens (tertiary/aromatic N) is 7. The fourth-order valence-corrected chi connectivity index (χ4v) is 2.48. The predicted molar refractivity (Wildman–Crippen MR) is 70.5 cm³/mol. The number of hydrogen-bond donors (Lipinski definition) is 1. The highest BCUT2D eigenvalue weighted by molar-refractivity contribution is 5.77. The lowest BCUT2D eigenvalue weighted by molar-refractivity contribution is 0.578. The zero-order chi connectivity index (χ0) is 13.7. The van der Waals surface area contributed by atoms with E-state index in [1.807, 2.05) is 37.1 Å². The molecule has 0 amide bonds. The number of rotatable bonds is 2. The molecule has 1 atom stereocenters. The lowest BCUT2D eigenvalue weighted by atomic mass is 10.3. The maximum Gasteiger partial charge on any atom is 0.203 e. The third-order valence-electron chi connectivity index (χ3n) is 3.37. The fraction of sp³-hybridized carbons (Fsp3) is 0.455. The number of aryl methyl sites for hydroxylation is 3. The Kier molecular flexibility index (Phi) is 2.34. The highest BCUT2D eigenvalue weighted by Gasteiger charge is 2.22. The van der Waals surface area contributed by atoms with E-state index in [4.69, 9.17) is 5.73 Å². The quantitative estimate of drug-likeness (QED) is 0.720. The fourth-order valence-electron chi connectivity index (χ4n) is 2.48. The second kappa shape index (κ2) is 3.81. The minimum Gasteiger partial charge on any atom is -0.369 e. The van der Waals surface area contributed by atoms with Crippen LogP contribution in [0.2, 0.25) is 0 Å². The molecule has 0 spiro atoms. The van der Waals surface area contributed by atoms with Crippen LogP contribution in [-0.4, -0.2) is 34.1 Å². The van der Waals surface area contributed by atoms with Gasteiger partial charge in [-0.15, -0.1) is 10.2 Å². The van der Waals surface area contributed by atoms with Crippen LogP contribution in [0.15, 0.2) is 6.33 Å². The molecule has 3 rings (SSSR count). The maximum atomic E-state index is 6.05. The van der Waals surface area contributed by atoms with Crippen LogP contribution in [0.4, 0.5) is 5.95 Å². The largest absolute Gasteiger partial charge is 0.369 e. The summed E-state index contributed by atoms with van der Waals surface area (Å²) in [5.41, 5.74) is 8.64. The van der Waals surface area contributed by atoms with Gasteiger partial charge >= 0.3 is 0 Å². The van der Waals surface area contributed by atoms with E-state index < -0.39 is 0 Å². The summed E-state index contributed by atoms with van der Waals surface area (Å²) in [5.74, 6) is 1.28. The van der Waals surface area contributed by atoms with E-state index >= 15 is 0 Å². The summed E-state index contributed by atoms with van der Waals surface area (Å²) >= 11 is 0. The molecule has 0 aliphatic heterocycles. The average Bonchev–Trinajstić information content (AvgIpc) is 2.97. The summed E-state index contributed by atoms with van der Waals surface area (Å²) in [6, 6.07) is -0.0627. The second-order valence-corrected chi connectivity index (χ2v) is 4.70. The van der Waals surface area contributed by atoms with Crippen LogP contribution in [0.3, 0.4) is 0 Å². The Morgan fingerprint density at radius 3 is 2.68 bits per heavy atom. The Balaban J connectivity index is 2.25. The summed E-state index contributed by atoms with van der Waals surface area (Å²) in [4.78, 5) is 4.39. The van der Waals surface area contributed by atoms with Crippen molar-refractivity contribution in [3.63, 3.8) is 0 Å². The number of fused-ring (bicyclic) bond motifs is 1. The van der Waals surface area contributed by atoms with E-state index in [1.165, 1.54) is 0 Å². The Bertz CT molecular complexity index is 746. The number of anilines is 1. The minimum atomic E-state index is -0.0627. The lowest BCUT2D eigenvalue weighted by Gasteiger charge is -2.14. The molecule has 0 saturated heterocycles. The first kappa shape index (κ1) is 11.7. The van der Waals surface area contributed by atoms with Crippen LogP contribution in [0, 0.1) is 6.92 Å². The average molecular weight is 260 g/mol. The normalized spacial score (nSPS) is 13.3. The van der Waals surface area contributed by atoms with Crippen LogP contribution in [0.5, 0.6) is 0 Å². The van der Waals surface area contributed by atoms with Gasteiger partial charge in [0.05, 0.1) is 11.7 Å². The van der Waals surface area contributed by atoms with Gasteiger partial charge in [-0.25, -0.2) is 4.98 Å². The van der Waals surface area contributed by atoms with E-state index in [0.717, 1.165) is 22.7 Å². The third kappa shape index (κ3) is 1.52. The smallest absolute Gasteiger partial charge is 0.203 e. The molecule has 0 saturated carbocycles. The van der Waals surface area contributed by atoms with Gasteiger partial charge in [-0.2, -0.15) is 5.10 Å². The van der Waals surface area contributed by atoms with E-state index in [0.29, 0.717) is 5.95 Å². The first-order valence-corrected chi connectivity index (χ1v) is 6.01. The second-order valence-electron chi connectivity index (χ2n) is 4.70. The van der Waals surface area contributed by atoms with Gasteiger partial charge in [0, 0.05) is 14.1 Å². The molecular weight excluding hydrogens is 244 g/mol. The Labute approximate surface area is 109 Å². The highest BCUT2D eigenvalue weighted by Crippen LogP contribution is 2.27. The van der Waals surface area contributed by atoms with Crippen molar-refractivity contribution in [3.05, 3.63) is 17.8 Å². The Morgan fingerprint density at radius 2 is 2.05 bits per heavy atom. The van der Waals surface area contributed by atoms with Gasteiger partial charge in [-0.3, -0.25) is 9.25 Å². The van der Waals surface area contributed by atoms with E-state index in [1.54, 1.807) is 11.0 Å². The van der Waals surface area contributed by atoms with Crippen molar-refractivity contribution in [2.24, 2.45) is 14.1 Å². The molecule has 100 valence electrons. The molecule has 3 aromatic heterocycles. The van der Waals surface area contributed by atoms with Crippen LogP contribution >= 0.6 is 0 Å². The Hall–Kier alpha value is -2.38. The van der Waals surface area contributed by atoms with Crippen LogP contribution in [0.25, 0.3) is 11.2 Å². The number of imidazole rings is 1. The summed E-state index contributed by atoms with van der Waals surface area (Å²) in [7, 11) is 3.79. The van der Waals surface area contributed by atoms with Crippen LogP contribution in [-0.2, 0) is 14.1 Å². The van der Waals surface area contributed by atoms with E-state index in [-0.39, 0.29) is 6.04 Å². The van der Waals surface area contributed by atoms with Crippen molar-refractivity contribution in [2.45, 2.75) is 19.9 Å². The molecule has 0 aromatic carbocycles. The zero-order valence-electron chi connectivity index (χ0n) is 11.4. The maximum absolute atomic E-state index is 6.05. The van der Waals surface area contributed by atoms with Gasteiger partial charge < -0.3 is 10.3 Å². The molecular formula is C11H16N8. The van der Waals surface area contributed by atoms with Crippen molar-refractivity contribution in [1.29, 1.82) is 0 Å². The molecule has 0 bridgehead atoms. The van der Waals surface area contributed by atoms with Crippen LogP contribution < -0.4 is 5.73 Å². The van der Waals surface area contributed by atoms with Crippen molar-refractivity contribution in [3.8, 4) is 0 Å². The monoisotopic (exact) mass is 260 g/mol. The first-order chi connectivity index (χ1) is 9.00. The van der Waals surface area contributed by atoms with Crippen molar-refractivity contribution in [2.75, 3.05) is 5.73 Å². The number of nitrogen functional groups attached to an aromatic ring is 1. The lowest BCUT2D eigenvalue weighted by Crippen LogP contribution is -2.16. The SMILES string of the molecule is Cc1nn(C)c2c1nc(N)n2C(C)c1nncn1C. The molecule has 0 fully saturated rings. The van der Waals surface area contributed by atoms with Crippen molar-refractivity contribution >= 4 is 17.1 Å². The predicted octanol–water partition coefficient (Wildman–Crippen LogP) is 0.398. The molecule has 8 nitrogen and oxygen atoms in total. The van der Waals surface area contributed by atoms with E-state index in [9.17, 15) is 0 Å². The summed E-state index contributed by atoms with van der Waals surface area (Å²) in [6.07, 6.45) is 1.67. The Morgan fingerprint density at radius 1 is 1.32 bits per heavy atom. The topological polar surface area (TPSA) is 92.4 Å². The summed E-state index contributed by atoms with van der Waals surface area (Å²) < 4.78 is 5.60. The minimum absolute atomic E-state index is 0.0627. The van der Waals surface area contributed by atoms with Gasteiger partial charge in [0.15, 0.2) is 11.5 Å². The van der Waals surface area contributed by atoms with Gasteiger partial charge in [0.25, 0.3) is 0 Å². The van der Waals surface area contributed by atoms with Gasteiger partial charge in [0.2, 0.25) is 5.95 Å². The van der Waals surface area contributed by atoms with Gasteiger partial charge in [-0.1, -0.05) is 0 Å². The highest BCUT2D eigenvalue weighted by atomic mass is 15.4. The van der Waals surface area contributed by atoms with Crippen molar-refractivity contribution < 1.29 is 0 Å². The van der Waals surface area contributed by atoms with Crippen molar-refractivity contribution in [1.82, 2.24) is 34.1 Å². The molecule has 1 unspecified atom stereocenters. The molecule has 19 heavy (non-hydrogen) atoms. The molecule has 2 N–H and O–H groups in total. The number of hydrogen-bond acceptors (Lipinski definition) is 5. The standard InChI is InChI=1S/C11H16N8/c1-6-8-10(18(4)16-6)19(11(12)14-8)7(2)9-15-13-5-17(9)3/h5,7H,1-4H3,(H2,12,14). The van der Waals surface area contributed by atoms with E-state index in [2.05, 4.69) is 20.3 Å². The number of nitrogens with two attached hydrogens (primary N) is 1. The summed E-state index contributed by atoms with van der Waals surface area (Å²) in [5, 5.41) is 12.4. The molecule has 3 aromatic rings. The van der Waals surface area contributed by atoms with Gasteiger partial charge in [-0.05, 0) is 13.8 Å². The molecule has 8 heteroatoms. The van der Waals surface area contributed by atoms with Crippen LogP contribution in [0.1, 0.15) is 24.5 Å². The molecule has 0 radical (unpaired) electrons. The summed E-state index contributed by atoms with van der Waals surface area (Å²) in [6.45, 7) is 3.94.